The highest BCUT2D eigenvalue weighted by atomic mass is 16.3. The molecule has 11 rings (SSSR count). The van der Waals surface area contributed by atoms with Crippen LogP contribution in [-0.4, -0.2) is 0 Å². The van der Waals surface area contributed by atoms with Crippen molar-refractivity contribution in [2.75, 3.05) is 4.90 Å². The molecular formula is C50H31NO2. The van der Waals surface area contributed by atoms with Gasteiger partial charge in [0.2, 0.25) is 0 Å². The first-order valence-corrected chi connectivity index (χ1v) is 18.0. The number of hydrogen-bond acceptors (Lipinski definition) is 3. The van der Waals surface area contributed by atoms with E-state index in [1.165, 1.54) is 21.5 Å². The fourth-order valence-corrected chi connectivity index (χ4v) is 8.12. The summed E-state index contributed by atoms with van der Waals surface area (Å²) in [5, 5.41) is 9.21. The Morgan fingerprint density at radius 1 is 0.340 bits per heavy atom. The second-order valence-corrected chi connectivity index (χ2v) is 13.7. The number of hydrogen-bond donors (Lipinski definition) is 0. The average Bonchev–Trinajstić information content (AvgIpc) is 3.80. The Morgan fingerprint density at radius 3 is 1.87 bits per heavy atom. The highest BCUT2D eigenvalue weighted by molar-refractivity contribution is 6.18. The van der Waals surface area contributed by atoms with E-state index < -0.39 is 0 Å². The van der Waals surface area contributed by atoms with E-state index in [4.69, 9.17) is 8.83 Å². The molecule has 2 aromatic heterocycles. The maximum absolute atomic E-state index is 6.95. The van der Waals surface area contributed by atoms with Gasteiger partial charge < -0.3 is 13.7 Å². The molecule has 0 aliphatic heterocycles. The molecule has 3 heteroatoms. The van der Waals surface area contributed by atoms with E-state index >= 15 is 0 Å². The van der Waals surface area contributed by atoms with Gasteiger partial charge in [0.1, 0.15) is 22.3 Å². The number of anilines is 3. The Bertz CT molecular complexity index is 3170. The molecule has 9 aromatic carbocycles. The molecule has 0 aliphatic carbocycles. The van der Waals surface area contributed by atoms with Crippen molar-refractivity contribution in [2.45, 2.75) is 0 Å². The molecule has 0 fully saturated rings. The molecule has 0 radical (unpaired) electrons. The Hall–Kier alpha value is -7.10. The highest BCUT2D eigenvalue weighted by Gasteiger charge is 2.23. The van der Waals surface area contributed by atoms with Gasteiger partial charge in [0.05, 0.1) is 11.1 Å². The van der Waals surface area contributed by atoms with Crippen molar-refractivity contribution < 1.29 is 8.83 Å². The lowest BCUT2D eigenvalue weighted by Gasteiger charge is -2.27. The zero-order valence-corrected chi connectivity index (χ0v) is 28.7. The maximum Gasteiger partial charge on any atom is 0.145 e. The molecule has 0 bridgehead atoms. The van der Waals surface area contributed by atoms with Gasteiger partial charge in [-0.1, -0.05) is 127 Å². The molecule has 0 saturated heterocycles. The fourth-order valence-electron chi connectivity index (χ4n) is 8.12. The van der Waals surface area contributed by atoms with Crippen LogP contribution in [0.2, 0.25) is 0 Å². The van der Waals surface area contributed by atoms with Crippen molar-refractivity contribution >= 4 is 82.5 Å². The second-order valence-electron chi connectivity index (χ2n) is 13.7. The number of rotatable bonds is 5. The number of para-hydroxylation sites is 1. The molecule has 2 heterocycles. The SMILES string of the molecule is c1ccc(-c2ccc3c(c2)oc2c(-c4ccccc4)ccc(N(c4ccc5c(ccc6ccccc65)c4)c4ccc5oc6ccccc6c5c4)c23)cc1. The Kier molecular flexibility index (Phi) is 6.55. The number of nitrogens with zero attached hydrogens (tertiary/aromatic N) is 1. The summed E-state index contributed by atoms with van der Waals surface area (Å²) in [6, 6.07) is 66.8. The molecule has 248 valence electrons. The summed E-state index contributed by atoms with van der Waals surface area (Å²) in [5.41, 5.74) is 11.0. The summed E-state index contributed by atoms with van der Waals surface area (Å²) in [6.07, 6.45) is 0. The predicted octanol–water partition coefficient (Wildman–Crippen LogP) is 14.6. The highest BCUT2D eigenvalue weighted by Crippen LogP contribution is 2.48. The average molecular weight is 678 g/mol. The van der Waals surface area contributed by atoms with Crippen LogP contribution in [0.3, 0.4) is 0 Å². The van der Waals surface area contributed by atoms with Crippen LogP contribution >= 0.6 is 0 Å². The van der Waals surface area contributed by atoms with E-state index in [1.54, 1.807) is 0 Å². The first-order valence-electron chi connectivity index (χ1n) is 18.0. The number of benzene rings is 9. The smallest absolute Gasteiger partial charge is 0.145 e. The fraction of sp³-hybridized carbons (Fsp3) is 0. The van der Waals surface area contributed by atoms with Gasteiger partial charge in [-0.05, 0) is 98.9 Å². The van der Waals surface area contributed by atoms with Crippen molar-refractivity contribution in [2.24, 2.45) is 0 Å². The first kappa shape index (κ1) is 29.6. The summed E-state index contributed by atoms with van der Waals surface area (Å²) in [6.45, 7) is 0. The standard InChI is InChI=1S/C50H31NO2/c1-3-11-32(12-4-1)35-21-24-43-48(30-35)53-50-41(33-13-5-2-6-14-33)26-27-45(49(43)50)51(38-23-28-47-44(31-38)42-17-9-10-18-46(42)52-47)37-22-25-40-36(29-37)20-19-34-15-7-8-16-39(34)40/h1-31H. The van der Waals surface area contributed by atoms with Crippen molar-refractivity contribution in [3.8, 4) is 22.3 Å². The summed E-state index contributed by atoms with van der Waals surface area (Å²) >= 11 is 0. The zero-order valence-electron chi connectivity index (χ0n) is 28.7. The van der Waals surface area contributed by atoms with Gasteiger partial charge >= 0.3 is 0 Å². The van der Waals surface area contributed by atoms with Gasteiger partial charge in [0.15, 0.2) is 0 Å². The van der Waals surface area contributed by atoms with Gasteiger partial charge in [-0.2, -0.15) is 0 Å². The minimum Gasteiger partial charge on any atom is -0.456 e. The third-order valence-electron chi connectivity index (χ3n) is 10.6. The third-order valence-corrected chi connectivity index (χ3v) is 10.6. The lowest BCUT2D eigenvalue weighted by Crippen LogP contribution is -2.10. The molecule has 3 nitrogen and oxygen atoms in total. The predicted molar refractivity (Wildman–Crippen MR) is 222 cm³/mol. The molecule has 0 N–H and O–H groups in total. The quantitative estimate of drug-likeness (QED) is 0.170. The molecule has 0 spiro atoms. The van der Waals surface area contributed by atoms with Crippen LogP contribution < -0.4 is 4.90 Å². The van der Waals surface area contributed by atoms with Gasteiger partial charge in [0.25, 0.3) is 0 Å². The summed E-state index contributed by atoms with van der Waals surface area (Å²) in [7, 11) is 0. The van der Waals surface area contributed by atoms with Gasteiger partial charge in [-0.3, -0.25) is 0 Å². The molecule has 11 aromatic rings. The van der Waals surface area contributed by atoms with E-state index in [0.29, 0.717) is 0 Å². The largest absolute Gasteiger partial charge is 0.456 e. The summed E-state index contributed by atoms with van der Waals surface area (Å²) in [4.78, 5) is 2.38. The summed E-state index contributed by atoms with van der Waals surface area (Å²) in [5.74, 6) is 0. The van der Waals surface area contributed by atoms with Crippen molar-refractivity contribution in [3.05, 3.63) is 188 Å². The zero-order chi connectivity index (χ0) is 34.9. The minimum atomic E-state index is 0.854. The van der Waals surface area contributed by atoms with Crippen LogP contribution in [0.25, 0.3) is 87.7 Å². The lowest BCUT2D eigenvalue weighted by atomic mass is 9.98. The van der Waals surface area contributed by atoms with Gasteiger partial charge in [-0.25, -0.2) is 0 Å². The minimum absolute atomic E-state index is 0.854. The van der Waals surface area contributed by atoms with E-state index in [1.807, 2.05) is 12.1 Å². The maximum atomic E-state index is 6.95. The van der Waals surface area contributed by atoms with Crippen LogP contribution in [0.4, 0.5) is 17.1 Å². The van der Waals surface area contributed by atoms with Crippen molar-refractivity contribution in [1.29, 1.82) is 0 Å². The van der Waals surface area contributed by atoms with Crippen LogP contribution in [0.15, 0.2) is 197 Å². The third kappa shape index (κ3) is 4.75. The van der Waals surface area contributed by atoms with Crippen LogP contribution in [0, 0.1) is 0 Å². The Morgan fingerprint density at radius 2 is 1.00 bits per heavy atom. The Balaban J connectivity index is 1.21. The molecule has 0 saturated carbocycles. The summed E-state index contributed by atoms with van der Waals surface area (Å²) < 4.78 is 13.2. The normalized spacial score (nSPS) is 11.8. The monoisotopic (exact) mass is 677 g/mol. The molecule has 53 heavy (non-hydrogen) atoms. The van der Waals surface area contributed by atoms with Crippen LogP contribution in [0.1, 0.15) is 0 Å². The van der Waals surface area contributed by atoms with Gasteiger partial charge in [0, 0.05) is 33.1 Å². The van der Waals surface area contributed by atoms with E-state index in [9.17, 15) is 0 Å². The topological polar surface area (TPSA) is 29.5 Å². The lowest BCUT2D eigenvalue weighted by molar-refractivity contribution is 0.669. The molecule has 0 unspecified atom stereocenters. The van der Waals surface area contributed by atoms with Crippen molar-refractivity contribution in [1.82, 2.24) is 0 Å². The van der Waals surface area contributed by atoms with Crippen molar-refractivity contribution in [3.63, 3.8) is 0 Å². The van der Waals surface area contributed by atoms with E-state index in [0.717, 1.165) is 83.2 Å². The molecular weight excluding hydrogens is 647 g/mol. The molecule has 0 atom stereocenters. The van der Waals surface area contributed by atoms with E-state index in [-0.39, 0.29) is 0 Å². The Labute approximate surface area is 305 Å². The van der Waals surface area contributed by atoms with Gasteiger partial charge in [-0.15, -0.1) is 0 Å². The second kappa shape index (κ2) is 11.7. The molecule has 0 amide bonds. The number of furan rings is 2. The number of fused-ring (bicyclic) bond motifs is 9. The van der Waals surface area contributed by atoms with Crippen LogP contribution in [-0.2, 0) is 0 Å². The first-order chi connectivity index (χ1) is 26.3. The van der Waals surface area contributed by atoms with E-state index in [2.05, 4.69) is 181 Å². The van der Waals surface area contributed by atoms with Crippen LogP contribution in [0.5, 0.6) is 0 Å². The molecule has 0 aliphatic rings.